The molecular formula is C33H40O21. The summed E-state index contributed by atoms with van der Waals surface area (Å²) in [6, 6.07) is 5.31. The number of fused-ring (bicyclic) bond motifs is 1. The third kappa shape index (κ3) is 7.27. The molecule has 0 radical (unpaired) electrons. The Morgan fingerprint density at radius 2 is 1.15 bits per heavy atom. The van der Waals surface area contributed by atoms with Crippen molar-refractivity contribution in [2.75, 3.05) is 13.2 Å². The Kier molecular flexibility index (Phi) is 11.5. The monoisotopic (exact) mass is 772 g/mol. The predicted molar refractivity (Wildman–Crippen MR) is 173 cm³/mol. The van der Waals surface area contributed by atoms with E-state index in [0.29, 0.717) is 0 Å². The number of aliphatic hydroxyl groups is 11. The Morgan fingerprint density at radius 3 is 1.70 bits per heavy atom. The van der Waals surface area contributed by atoms with Gasteiger partial charge in [0.15, 0.2) is 17.3 Å². The van der Waals surface area contributed by atoms with Crippen LogP contribution >= 0.6 is 0 Å². The van der Waals surface area contributed by atoms with Crippen molar-refractivity contribution in [3.63, 3.8) is 0 Å². The zero-order valence-electron chi connectivity index (χ0n) is 28.0. The van der Waals surface area contributed by atoms with Crippen LogP contribution in [0.1, 0.15) is 6.92 Å². The Labute approximate surface area is 303 Å². The molecule has 3 fully saturated rings. The van der Waals surface area contributed by atoms with Crippen LogP contribution in [-0.4, -0.2) is 172 Å². The molecule has 15 atom stereocenters. The second-order valence-corrected chi connectivity index (χ2v) is 13.0. The molecule has 21 nitrogen and oxygen atoms in total. The summed E-state index contributed by atoms with van der Waals surface area (Å²) in [5.41, 5.74) is -1.67. The number of hydrogen-bond acceptors (Lipinski definition) is 21. The molecule has 54 heavy (non-hydrogen) atoms. The van der Waals surface area contributed by atoms with Crippen molar-refractivity contribution >= 4 is 11.0 Å². The maximum atomic E-state index is 14.1. The number of aliphatic hydroxyl groups excluding tert-OH is 11. The highest BCUT2D eigenvalue weighted by atomic mass is 16.7. The molecule has 6 rings (SSSR count). The first-order chi connectivity index (χ1) is 25.6. The van der Waals surface area contributed by atoms with Gasteiger partial charge in [0, 0.05) is 17.7 Å². The largest absolute Gasteiger partial charge is 0.507 e. The van der Waals surface area contributed by atoms with Gasteiger partial charge in [-0.25, -0.2) is 0 Å². The van der Waals surface area contributed by atoms with Crippen LogP contribution < -0.4 is 19.6 Å². The van der Waals surface area contributed by atoms with Crippen molar-refractivity contribution in [3.8, 4) is 40.1 Å². The van der Waals surface area contributed by atoms with E-state index in [2.05, 4.69) is 0 Å². The third-order valence-electron chi connectivity index (χ3n) is 9.36. The number of rotatable bonds is 9. The fourth-order valence-electron chi connectivity index (χ4n) is 6.20. The van der Waals surface area contributed by atoms with Gasteiger partial charge >= 0.3 is 0 Å². The molecule has 0 spiro atoms. The van der Waals surface area contributed by atoms with Crippen LogP contribution in [0.15, 0.2) is 39.5 Å². The number of phenolic OH excluding ortho intramolecular Hbond substituents is 2. The maximum Gasteiger partial charge on any atom is 0.239 e. The van der Waals surface area contributed by atoms with E-state index in [9.17, 15) is 71.2 Å². The second-order valence-electron chi connectivity index (χ2n) is 13.0. The molecule has 0 bridgehead atoms. The average Bonchev–Trinajstić information content (AvgIpc) is 3.14. The Bertz CT molecular complexity index is 1850. The lowest BCUT2D eigenvalue weighted by Crippen LogP contribution is -2.60. The number of ether oxygens (including phenoxy) is 6. The first-order valence-electron chi connectivity index (χ1n) is 16.5. The molecule has 21 heteroatoms. The average molecular weight is 773 g/mol. The van der Waals surface area contributed by atoms with Gasteiger partial charge in [0.1, 0.15) is 89.6 Å². The van der Waals surface area contributed by atoms with Crippen LogP contribution in [-0.2, 0) is 14.2 Å². The standard InChI is InChI=1S/C33H40O21/c1-9-19(38)23(42)26(45)31(48-9)49-11-5-13(37)18-15(6-11)50-29(30(22(18)41)54-33-28(47)25(44)21(40)17(8-35)53-33)10-2-3-14(12(36)4-10)51-32-27(46)24(43)20(39)16(7-34)52-32/h2-6,9,16-17,19-21,23-28,31-40,42-47H,7-8H2,1H3/t9-,16-,17-,19-,20-,21-,23+,24+,25+,26+,27-,28-,31?,32?,33?/m1/s1. The summed E-state index contributed by atoms with van der Waals surface area (Å²) in [7, 11) is 0. The topological polar surface area (TPSA) is 349 Å². The summed E-state index contributed by atoms with van der Waals surface area (Å²) in [6.45, 7) is -0.188. The van der Waals surface area contributed by atoms with Gasteiger partial charge in [-0.1, -0.05) is 0 Å². The second kappa shape index (κ2) is 15.7. The molecule has 13 N–H and O–H groups in total. The number of benzene rings is 2. The highest BCUT2D eigenvalue weighted by Gasteiger charge is 2.47. The zero-order valence-corrected chi connectivity index (χ0v) is 28.0. The molecule has 3 unspecified atom stereocenters. The molecule has 4 heterocycles. The molecule has 0 amide bonds. The molecule has 0 saturated carbocycles. The van der Waals surface area contributed by atoms with Gasteiger partial charge in [0.05, 0.1) is 19.3 Å². The third-order valence-corrected chi connectivity index (χ3v) is 9.36. The van der Waals surface area contributed by atoms with Crippen molar-refractivity contribution in [1.82, 2.24) is 0 Å². The number of phenols is 2. The molecule has 0 aliphatic carbocycles. The Morgan fingerprint density at radius 1 is 0.611 bits per heavy atom. The van der Waals surface area contributed by atoms with Crippen molar-refractivity contribution in [2.45, 2.75) is 99.0 Å². The molecular weight excluding hydrogens is 732 g/mol. The fraction of sp³-hybridized carbons (Fsp3) is 0.545. The lowest BCUT2D eigenvalue weighted by molar-refractivity contribution is -0.277. The van der Waals surface area contributed by atoms with Crippen molar-refractivity contribution in [2.24, 2.45) is 0 Å². The van der Waals surface area contributed by atoms with E-state index < -0.39 is 145 Å². The van der Waals surface area contributed by atoms with E-state index in [1.165, 1.54) is 13.0 Å². The summed E-state index contributed by atoms with van der Waals surface area (Å²) < 4.78 is 39.0. The first-order valence-corrected chi connectivity index (χ1v) is 16.5. The van der Waals surface area contributed by atoms with Crippen molar-refractivity contribution < 1.29 is 99.2 Å². The Hall–Kier alpha value is -3.91. The summed E-state index contributed by atoms with van der Waals surface area (Å²) in [5, 5.41) is 133. The normalized spacial score (nSPS) is 37.2. The first kappa shape index (κ1) is 39.8. The van der Waals surface area contributed by atoms with Crippen LogP contribution in [0.2, 0.25) is 0 Å². The van der Waals surface area contributed by atoms with Crippen LogP contribution in [0.5, 0.6) is 28.7 Å². The molecule has 3 aliphatic heterocycles. The van der Waals surface area contributed by atoms with Gasteiger partial charge in [-0.05, 0) is 25.1 Å². The minimum absolute atomic E-state index is 0.157. The summed E-state index contributed by atoms with van der Waals surface area (Å²) in [6.07, 6.45) is -24.9. The van der Waals surface area contributed by atoms with E-state index >= 15 is 0 Å². The SMILES string of the molecule is C[C@H]1OC(Oc2cc(O)c3c(=O)c(OC4O[C@H](CO)[C@@H](O)[C@H](O)[C@H]4O)c(-c4ccc(OC5O[C@H](CO)[C@@H](O)[C@H](O)[C@H]5O)c(O)c4)oc3c2)[C@@H](O)[C@@H](O)[C@@H]1O. The lowest BCUT2D eigenvalue weighted by atomic mass is 9.99. The maximum absolute atomic E-state index is 14.1. The van der Waals surface area contributed by atoms with E-state index in [-0.39, 0.29) is 17.1 Å². The van der Waals surface area contributed by atoms with Crippen LogP contribution in [0.4, 0.5) is 0 Å². The molecule has 298 valence electrons. The molecule has 3 aliphatic rings. The van der Waals surface area contributed by atoms with Crippen molar-refractivity contribution in [3.05, 3.63) is 40.6 Å². The minimum Gasteiger partial charge on any atom is -0.507 e. The summed E-state index contributed by atoms with van der Waals surface area (Å²) in [4.78, 5) is 14.1. The van der Waals surface area contributed by atoms with Crippen LogP contribution in [0.25, 0.3) is 22.3 Å². The molecule has 2 aromatic carbocycles. The summed E-state index contributed by atoms with van der Waals surface area (Å²) in [5.74, 6) is -3.39. The van der Waals surface area contributed by atoms with Crippen LogP contribution in [0.3, 0.4) is 0 Å². The van der Waals surface area contributed by atoms with Gasteiger partial charge in [0.25, 0.3) is 0 Å². The van der Waals surface area contributed by atoms with Crippen LogP contribution in [0, 0.1) is 0 Å². The van der Waals surface area contributed by atoms with E-state index in [0.717, 1.165) is 24.3 Å². The molecule has 1 aromatic heterocycles. The molecule has 3 saturated heterocycles. The molecule has 3 aromatic rings. The van der Waals surface area contributed by atoms with Gasteiger partial charge < -0.3 is 99.2 Å². The zero-order chi connectivity index (χ0) is 39.3. The van der Waals surface area contributed by atoms with Gasteiger partial charge in [-0.15, -0.1) is 0 Å². The highest BCUT2D eigenvalue weighted by molar-refractivity contribution is 5.88. The van der Waals surface area contributed by atoms with E-state index in [4.69, 9.17) is 32.8 Å². The van der Waals surface area contributed by atoms with Gasteiger partial charge in [0.2, 0.25) is 30.0 Å². The minimum atomic E-state index is -2.00. The number of aromatic hydroxyl groups is 2. The van der Waals surface area contributed by atoms with E-state index in [1.807, 2.05) is 0 Å². The highest BCUT2D eigenvalue weighted by Crippen LogP contribution is 2.41. The quantitative estimate of drug-likeness (QED) is 0.0973. The summed E-state index contributed by atoms with van der Waals surface area (Å²) >= 11 is 0. The van der Waals surface area contributed by atoms with Crippen molar-refractivity contribution in [1.29, 1.82) is 0 Å². The predicted octanol–water partition coefficient (Wildman–Crippen LogP) is -4.57. The smallest absolute Gasteiger partial charge is 0.239 e. The van der Waals surface area contributed by atoms with Gasteiger partial charge in [-0.2, -0.15) is 0 Å². The van der Waals surface area contributed by atoms with E-state index in [1.54, 1.807) is 0 Å². The fourth-order valence-corrected chi connectivity index (χ4v) is 6.20. The number of hydrogen-bond donors (Lipinski definition) is 13. The Balaban J connectivity index is 1.41. The lowest BCUT2D eigenvalue weighted by Gasteiger charge is -2.39. The van der Waals surface area contributed by atoms with Gasteiger partial charge in [-0.3, -0.25) is 4.79 Å².